The zero-order valence-corrected chi connectivity index (χ0v) is 17.6. The molecule has 0 rings (SSSR count). The highest BCUT2D eigenvalue weighted by Gasteiger charge is 2.38. The van der Waals surface area contributed by atoms with Gasteiger partial charge in [0.15, 0.2) is 0 Å². The van der Waals surface area contributed by atoms with Crippen LogP contribution >= 0.6 is 37.9 Å². The molecule has 0 aromatic carbocycles. The van der Waals surface area contributed by atoms with Crippen LogP contribution in [0.4, 0.5) is 13.2 Å². The lowest BCUT2D eigenvalue weighted by molar-refractivity contribution is -0.192. The molecule has 0 heterocycles. The summed E-state index contributed by atoms with van der Waals surface area (Å²) < 4.78 is 31.7. The molecular formula is C13H23F3N4O5S3. The van der Waals surface area contributed by atoms with Gasteiger partial charge in [0.1, 0.15) is 12.1 Å². The number of rotatable bonds is 9. The fourth-order valence-corrected chi connectivity index (χ4v) is 2.27. The molecular weight excluding hydrogens is 445 g/mol. The highest BCUT2D eigenvalue weighted by Crippen LogP contribution is 2.13. The third kappa shape index (κ3) is 11.5. The Balaban J connectivity index is 0. The van der Waals surface area contributed by atoms with E-state index < -0.39 is 36.2 Å². The predicted octanol–water partition coefficient (Wildman–Crippen LogP) is -1.29. The van der Waals surface area contributed by atoms with Gasteiger partial charge in [-0.2, -0.15) is 51.1 Å². The first-order chi connectivity index (χ1) is 12.9. The van der Waals surface area contributed by atoms with E-state index in [1.807, 2.05) is 0 Å². The van der Waals surface area contributed by atoms with E-state index in [2.05, 4.69) is 59.2 Å². The van der Waals surface area contributed by atoms with Crippen molar-refractivity contribution in [1.82, 2.24) is 21.3 Å². The Morgan fingerprint density at radius 3 is 1.39 bits per heavy atom. The Hall–Kier alpha value is -1.32. The summed E-state index contributed by atoms with van der Waals surface area (Å²) in [7, 11) is 3.09. The molecule has 0 bridgehead atoms. The molecule has 0 aliphatic carbocycles. The summed E-state index contributed by atoms with van der Waals surface area (Å²) in [4.78, 5) is 44.4. The van der Waals surface area contributed by atoms with Gasteiger partial charge >= 0.3 is 12.1 Å². The maximum atomic E-state index is 12.1. The number of hydrogen-bond acceptors (Lipinski definition) is 8. The molecule has 3 unspecified atom stereocenters. The van der Waals surface area contributed by atoms with Gasteiger partial charge < -0.3 is 26.4 Å². The van der Waals surface area contributed by atoms with Crippen LogP contribution < -0.4 is 21.3 Å². The zero-order chi connectivity index (χ0) is 22.5. The molecule has 9 nitrogen and oxygen atoms in total. The summed E-state index contributed by atoms with van der Waals surface area (Å²) in [5, 5.41) is 17.4. The number of carbonyl (C=O) groups excluding carboxylic acids is 3. The van der Waals surface area contributed by atoms with Crippen molar-refractivity contribution in [3.05, 3.63) is 0 Å². The van der Waals surface area contributed by atoms with Gasteiger partial charge in [-0.25, -0.2) is 4.79 Å². The molecule has 0 aliphatic rings. The molecule has 0 saturated heterocycles. The normalized spacial score (nSPS) is 13.9. The minimum absolute atomic E-state index is 0.105. The fourth-order valence-electron chi connectivity index (χ4n) is 1.41. The lowest BCUT2D eigenvalue weighted by atomic mass is 10.2. The van der Waals surface area contributed by atoms with Crippen molar-refractivity contribution in [2.75, 3.05) is 31.4 Å². The topological polar surface area (TPSA) is 137 Å². The van der Waals surface area contributed by atoms with Crippen LogP contribution in [-0.2, 0) is 19.2 Å². The van der Waals surface area contributed by atoms with Crippen molar-refractivity contribution in [3.63, 3.8) is 0 Å². The Labute approximate surface area is 176 Å². The Bertz CT molecular complexity index is 536. The molecule has 0 aromatic heterocycles. The summed E-state index contributed by atoms with van der Waals surface area (Å²) in [6.45, 7) is 0. The second-order valence-corrected chi connectivity index (χ2v) is 6.02. The van der Waals surface area contributed by atoms with Crippen LogP contribution in [0.1, 0.15) is 0 Å². The van der Waals surface area contributed by atoms with E-state index in [-0.39, 0.29) is 23.3 Å². The van der Waals surface area contributed by atoms with E-state index in [9.17, 15) is 27.6 Å². The summed E-state index contributed by atoms with van der Waals surface area (Å²) in [6, 6.07) is -2.12. The summed E-state index contributed by atoms with van der Waals surface area (Å²) in [5.74, 6) is -3.42. The number of carboxylic acid groups (broad SMARTS) is 1. The average molecular weight is 469 g/mol. The molecule has 164 valence electrons. The molecule has 0 aromatic rings. The first-order valence-corrected chi connectivity index (χ1v) is 9.41. The third-order valence-corrected chi connectivity index (χ3v) is 4.06. The number of hydrogen-bond donors (Lipinski definition) is 8. The molecule has 3 amide bonds. The standard InChI is InChI=1S/C11H22N4O3S3.C2HF3O2/c1-12-6(3-19)10(17)15-8(5-21)11(18)14-7(4-20)9(16)13-2;3-2(4,5)1(6)7/h6-8,12,19-21H,3-5H2,1-2H3,(H,13,16)(H,14,18)(H,15,17);(H,6,7). The van der Waals surface area contributed by atoms with Crippen molar-refractivity contribution in [3.8, 4) is 0 Å². The van der Waals surface area contributed by atoms with E-state index in [0.29, 0.717) is 5.75 Å². The van der Waals surface area contributed by atoms with E-state index in [4.69, 9.17) is 9.90 Å². The van der Waals surface area contributed by atoms with Crippen LogP contribution in [0.2, 0.25) is 0 Å². The third-order valence-electron chi connectivity index (χ3n) is 2.97. The number of halogens is 3. The molecule has 3 atom stereocenters. The monoisotopic (exact) mass is 468 g/mol. The van der Waals surface area contributed by atoms with Crippen LogP contribution in [0.5, 0.6) is 0 Å². The quantitative estimate of drug-likeness (QED) is 0.199. The fraction of sp³-hybridized carbons (Fsp3) is 0.692. The predicted molar refractivity (Wildman–Crippen MR) is 106 cm³/mol. The molecule has 0 radical (unpaired) electrons. The lowest BCUT2D eigenvalue weighted by Crippen LogP contribution is -2.57. The van der Waals surface area contributed by atoms with Gasteiger partial charge in [0.05, 0.1) is 6.04 Å². The Morgan fingerprint density at radius 2 is 1.14 bits per heavy atom. The first kappa shape index (κ1) is 28.9. The second kappa shape index (κ2) is 14.6. The molecule has 28 heavy (non-hydrogen) atoms. The van der Waals surface area contributed by atoms with E-state index >= 15 is 0 Å². The smallest absolute Gasteiger partial charge is 0.475 e. The number of alkyl halides is 3. The van der Waals surface area contributed by atoms with Crippen LogP contribution in [-0.4, -0.2) is 84.5 Å². The molecule has 0 aliphatic heterocycles. The Kier molecular flexibility index (Phi) is 15.1. The van der Waals surface area contributed by atoms with Crippen LogP contribution in [0.3, 0.4) is 0 Å². The van der Waals surface area contributed by atoms with Gasteiger partial charge in [0.25, 0.3) is 0 Å². The van der Waals surface area contributed by atoms with Crippen molar-refractivity contribution in [2.24, 2.45) is 0 Å². The van der Waals surface area contributed by atoms with Gasteiger partial charge in [0.2, 0.25) is 17.7 Å². The van der Waals surface area contributed by atoms with Crippen LogP contribution in [0.15, 0.2) is 0 Å². The number of carbonyl (C=O) groups is 4. The molecule has 0 saturated carbocycles. The number of likely N-dealkylation sites (N-methyl/N-ethyl adjacent to an activating group) is 2. The first-order valence-electron chi connectivity index (χ1n) is 7.51. The van der Waals surface area contributed by atoms with Crippen molar-refractivity contribution in [2.45, 2.75) is 24.3 Å². The summed E-state index contributed by atoms with van der Waals surface area (Å²) >= 11 is 12.1. The number of carboxylic acids is 1. The maximum absolute atomic E-state index is 12.1. The molecule has 5 N–H and O–H groups in total. The van der Waals surface area contributed by atoms with Crippen LogP contribution in [0, 0.1) is 0 Å². The van der Waals surface area contributed by atoms with Gasteiger partial charge in [-0.15, -0.1) is 0 Å². The van der Waals surface area contributed by atoms with Gasteiger partial charge in [0, 0.05) is 24.3 Å². The lowest BCUT2D eigenvalue weighted by Gasteiger charge is -2.22. The Morgan fingerprint density at radius 1 is 0.821 bits per heavy atom. The van der Waals surface area contributed by atoms with E-state index in [1.165, 1.54) is 7.05 Å². The van der Waals surface area contributed by atoms with Gasteiger partial charge in [-0.3, -0.25) is 14.4 Å². The maximum Gasteiger partial charge on any atom is 0.490 e. The second-order valence-electron chi connectivity index (χ2n) is 4.93. The molecule has 0 fully saturated rings. The van der Waals surface area contributed by atoms with Crippen molar-refractivity contribution < 1.29 is 37.5 Å². The van der Waals surface area contributed by atoms with Crippen molar-refractivity contribution >= 4 is 61.6 Å². The van der Waals surface area contributed by atoms with Gasteiger partial charge in [-0.05, 0) is 7.05 Å². The average Bonchev–Trinajstić information content (AvgIpc) is 2.63. The minimum atomic E-state index is -5.08. The van der Waals surface area contributed by atoms with Gasteiger partial charge in [-0.1, -0.05) is 0 Å². The SMILES string of the molecule is CNC(=O)C(CS)NC(=O)C(CS)NC(=O)C(CS)NC.O=C(O)C(F)(F)F. The number of thiol groups is 3. The highest BCUT2D eigenvalue weighted by molar-refractivity contribution is 7.80. The largest absolute Gasteiger partial charge is 0.490 e. The number of amides is 3. The number of aliphatic carboxylic acids is 1. The van der Waals surface area contributed by atoms with Crippen LogP contribution in [0.25, 0.3) is 0 Å². The zero-order valence-electron chi connectivity index (χ0n) is 14.9. The van der Waals surface area contributed by atoms with Crippen molar-refractivity contribution in [1.29, 1.82) is 0 Å². The van der Waals surface area contributed by atoms with E-state index in [0.717, 1.165) is 0 Å². The molecule has 0 spiro atoms. The minimum Gasteiger partial charge on any atom is -0.475 e. The highest BCUT2D eigenvalue weighted by atomic mass is 32.1. The van der Waals surface area contributed by atoms with E-state index in [1.54, 1.807) is 7.05 Å². The molecule has 15 heteroatoms. The summed E-state index contributed by atoms with van der Waals surface area (Å²) in [5.41, 5.74) is 0. The summed E-state index contributed by atoms with van der Waals surface area (Å²) in [6.07, 6.45) is -5.08. The number of nitrogens with one attached hydrogen (secondary N) is 4.